The first kappa shape index (κ1) is 20.4. The molecule has 1 aromatic carbocycles. The van der Waals surface area contributed by atoms with Crippen LogP contribution in [0.2, 0.25) is 10.0 Å². The molecule has 27 heavy (non-hydrogen) atoms. The average molecular weight is 413 g/mol. The van der Waals surface area contributed by atoms with Crippen LogP contribution in [0.3, 0.4) is 0 Å². The van der Waals surface area contributed by atoms with Gasteiger partial charge >= 0.3 is 0 Å². The van der Waals surface area contributed by atoms with E-state index in [1.54, 1.807) is 18.2 Å². The van der Waals surface area contributed by atoms with Crippen LogP contribution >= 0.6 is 23.2 Å². The predicted octanol–water partition coefficient (Wildman–Crippen LogP) is 2.56. The first-order valence-electron chi connectivity index (χ1n) is 9.44. The van der Waals surface area contributed by atoms with Gasteiger partial charge in [-0.25, -0.2) is 0 Å². The second kappa shape index (κ2) is 9.24. The standard InChI is InChI=1S/C19H26Cl2N4O2/c1-14(19(27)22-17-5-4-15(20)12-16(17)21)24-10-8-23(9-11-24)13-18(26)25-6-2-3-7-25/h4-5,12,14H,2-3,6-11,13H2,1H3,(H,22,27)/t14-/m0/s1. The monoisotopic (exact) mass is 412 g/mol. The Labute approximate surface area is 170 Å². The fourth-order valence-corrected chi connectivity index (χ4v) is 4.02. The predicted molar refractivity (Wildman–Crippen MR) is 108 cm³/mol. The number of hydrogen-bond acceptors (Lipinski definition) is 4. The topological polar surface area (TPSA) is 55.9 Å². The lowest BCUT2D eigenvalue weighted by atomic mass is 10.2. The Kier molecular flexibility index (Phi) is 6.98. The number of piperazine rings is 1. The van der Waals surface area contributed by atoms with Crippen LogP contribution in [0, 0.1) is 0 Å². The molecule has 2 fully saturated rings. The van der Waals surface area contributed by atoms with Crippen LogP contribution in [0.1, 0.15) is 19.8 Å². The van der Waals surface area contributed by atoms with E-state index in [9.17, 15) is 9.59 Å². The fourth-order valence-electron chi connectivity index (χ4n) is 3.56. The Bertz CT molecular complexity index is 686. The number of halogens is 2. The van der Waals surface area contributed by atoms with Gasteiger partial charge in [0.15, 0.2) is 0 Å². The molecule has 0 spiro atoms. The number of amides is 2. The van der Waals surface area contributed by atoms with E-state index in [1.807, 2.05) is 11.8 Å². The molecule has 8 heteroatoms. The van der Waals surface area contributed by atoms with Crippen molar-refractivity contribution in [2.24, 2.45) is 0 Å². The van der Waals surface area contributed by atoms with E-state index in [0.29, 0.717) is 22.3 Å². The Balaban J connectivity index is 1.46. The molecule has 0 aliphatic carbocycles. The summed E-state index contributed by atoms with van der Waals surface area (Å²) < 4.78 is 0. The maximum atomic E-state index is 12.6. The lowest BCUT2D eigenvalue weighted by Gasteiger charge is -2.37. The van der Waals surface area contributed by atoms with Gasteiger partial charge in [0.2, 0.25) is 11.8 Å². The molecule has 1 atom stereocenters. The van der Waals surface area contributed by atoms with Crippen molar-refractivity contribution >= 4 is 40.7 Å². The van der Waals surface area contributed by atoms with Crippen molar-refractivity contribution in [2.75, 3.05) is 51.1 Å². The van der Waals surface area contributed by atoms with Crippen molar-refractivity contribution in [1.29, 1.82) is 0 Å². The Morgan fingerprint density at radius 3 is 2.37 bits per heavy atom. The summed E-state index contributed by atoms with van der Waals surface area (Å²) in [5.41, 5.74) is 0.563. The second-order valence-electron chi connectivity index (χ2n) is 7.19. The quantitative estimate of drug-likeness (QED) is 0.806. The van der Waals surface area contributed by atoms with Crippen molar-refractivity contribution in [3.63, 3.8) is 0 Å². The summed E-state index contributed by atoms with van der Waals surface area (Å²) in [5.74, 6) is 0.130. The molecule has 6 nitrogen and oxygen atoms in total. The van der Waals surface area contributed by atoms with E-state index in [2.05, 4.69) is 15.1 Å². The van der Waals surface area contributed by atoms with E-state index in [1.165, 1.54) is 0 Å². The molecule has 0 saturated carbocycles. The number of carbonyl (C=O) groups is 2. The molecule has 148 valence electrons. The number of nitrogens with one attached hydrogen (secondary N) is 1. The van der Waals surface area contributed by atoms with Crippen molar-refractivity contribution in [1.82, 2.24) is 14.7 Å². The first-order chi connectivity index (χ1) is 12.9. The molecule has 2 amide bonds. The van der Waals surface area contributed by atoms with E-state index in [-0.39, 0.29) is 17.9 Å². The van der Waals surface area contributed by atoms with E-state index < -0.39 is 0 Å². The summed E-state index contributed by atoms with van der Waals surface area (Å²) in [5, 5.41) is 3.83. The van der Waals surface area contributed by atoms with E-state index in [4.69, 9.17) is 23.2 Å². The zero-order valence-electron chi connectivity index (χ0n) is 15.6. The maximum Gasteiger partial charge on any atom is 0.241 e. The number of carbonyl (C=O) groups excluding carboxylic acids is 2. The van der Waals surface area contributed by atoms with Gasteiger partial charge in [-0.3, -0.25) is 19.4 Å². The largest absolute Gasteiger partial charge is 0.342 e. The number of hydrogen-bond donors (Lipinski definition) is 1. The highest BCUT2D eigenvalue weighted by molar-refractivity contribution is 6.36. The smallest absolute Gasteiger partial charge is 0.241 e. The molecule has 3 rings (SSSR count). The molecule has 0 bridgehead atoms. The van der Waals surface area contributed by atoms with Crippen LogP contribution in [0.25, 0.3) is 0 Å². The van der Waals surface area contributed by atoms with Gasteiger partial charge in [0.05, 0.1) is 23.3 Å². The number of benzene rings is 1. The summed E-state index contributed by atoms with van der Waals surface area (Å²) >= 11 is 12.0. The molecule has 1 aromatic rings. The summed E-state index contributed by atoms with van der Waals surface area (Å²) in [6.45, 7) is 7.26. The molecule has 2 heterocycles. The summed E-state index contributed by atoms with van der Waals surface area (Å²) in [4.78, 5) is 31.1. The Morgan fingerprint density at radius 1 is 1.07 bits per heavy atom. The third-order valence-electron chi connectivity index (χ3n) is 5.34. The van der Waals surface area contributed by atoms with Gasteiger partial charge in [-0.1, -0.05) is 23.2 Å². The lowest BCUT2D eigenvalue weighted by Crippen LogP contribution is -2.54. The molecule has 0 unspecified atom stereocenters. The molecule has 0 radical (unpaired) electrons. The number of rotatable bonds is 5. The molecule has 2 saturated heterocycles. The summed E-state index contributed by atoms with van der Waals surface area (Å²) in [7, 11) is 0. The van der Waals surface area contributed by atoms with Crippen molar-refractivity contribution < 1.29 is 9.59 Å². The third kappa shape index (κ3) is 5.35. The number of anilines is 1. The summed E-state index contributed by atoms with van der Waals surface area (Å²) in [6.07, 6.45) is 2.23. The Hall–Kier alpha value is -1.34. The number of likely N-dealkylation sites (tertiary alicyclic amines) is 1. The summed E-state index contributed by atoms with van der Waals surface area (Å²) in [6, 6.07) is 4.74. The molecule has 2 aliphatic heterocycles. The lowest BCUT2D eigenvalue weighted by molar-refractivity contribution is -0.132. The zero-order valence-corrected chi connectivity index (χ0v) is 17.1. The van der Waals surface area contributed by atoms with Gasteiger partial charge in [0.25, 0.3) is 0 Å². The van der Waals surface area contributed by atoms with Gasteiger partial charge in [0, 0.05) is 44.3 Å². The van der Waals surface area contributed by atoms with Crippen LogP contribution in [0.4, 0.5) is 5.69 Å². The average Bonchev–Trinajstić information content (AvgIpc) is 3.19. The van der Waals surface area contributed by atoms with Gasteiger partial charge in [-0.15, -0.1) is 0 Å². The Morgan fingerprint density at radius 2 is 1.74 bits per heavy atom. The van der Waals surface area contributed by atoms with Crippen LogP contribution in [0.15, 0.2) is 18.2 Å². The van der Waals surface area contributed by atoms with Crippen LogP contribution in [-0.4, -0.2) is 78.4 Å². The van der Waals surface area contributed by atoms with Crippen molar-refractivity contribution in [2.45, 2.75) is 25.8 Å². The zero-order chi connectivity index (χ0) is 19.4. The van der Waals surface area contributed by atoms with Gasteiger partial charge in [0.1, 0.15) is 0 Å². The maximum absolute atomic E-state index is 12.6. The highest BCUT2D eigenvalue weighted by atomic mass is 35.5. The third-order valence-corrected chi connectivity index (χ3v) is 5.89. The van der Waals surface area contributed by atoms with E-state index >= 15 is 0 Å². The van der Waals surface area contributed by atoms with Crippen LogP contribution < -0.4 is 5.32 Å². The highest BCUT2D eigenvalue weighted by Gasteiger charge is 2.28. The first-order valence-corrected chi connectivity index (χ1v) is 10.2. The minimum Gasteiger partial charge on any atom is -0.342 e. The van der Waals surface area contributed by atoms with Crippen LogP contribution in [0.5, 0.6) is 0 Å². The molecule has 1 N–H and O–H groups in total. The molecule has 2 aliphatic rings. The normalized spacial score (nSPS) is 19.9. The van der Waals surface area contributed by atoms with Gasteiger partial charge in [-0.2, -0.15) is 0 Å². The highest BCUT2D eigenvalue weighted by Crippen LogP contribution is 2.25. The molecular formula is C19H26Cl2N4O2. The molecular weight excluding hydrogens is 387 g/mol. The SMILES string of the molecule is C[C@@H](C(=O)Nc1ccc(Cl)cc1Cl)N1CCN(CC(=O)N2CCCC2)CC1. The molecule has 0 aromatic heterocycles. The van der Waals surface area contributed by atoms with Gasteiger partial charge in [-0.05, 0) is 38.0 Å². The minimum absolute atomic E-state index is 0.0965. The van der Waals surface area contributed by atoms with Gasteiger partial charge < -0.3 is 10.2 Å². The minimum atomic E-state index is -0.270. The van der Waals surface area contributed by atoms with Crippen molar-refractivity contribution in [3.8, 4) is 0 Å². The van der Waals surface area contributed by atoms with E-state index in [0.717, 1.165) is 52.1 Å². The fraction of sp³-hybridized carbons (Fsp3) is 0.579. The van der Waals surface area contributed by atoms with Crippen molar-refractivity contribution in [3.05, 3.63) is 28.2 Å². The second-order valence-corrected chi connectivity index (χ2v) is 8.03. The number of nitrogens with zero attached hydrogens (tertiary/aromatic N) is 3. The van der Waals surface area contributed by atoms with Crippen LogP contribution in [-0.2, 0) is 9.59 Å².